The molecule has 1 nitrogen and oxygen atoms in total. The normalized spacial score (nSPS) is 12.5. The van der Waals surface area contributed by atoms with Gasteiger partial charge in [-0.1, -0.05) is 12.1 Å². The van der Waals surface area contributed by atoms with Crippen LogP contribution in [0.25, 0.3) is 0 Å². The Morgan fingerprint density at radius 1 is 1.45 bits per heavy atom. The van der Waals surface area contributed by atoms with Crippen LogP contribution in [-0.4, -0.2) is 6.29 Å². The van der Waals surface area contributed by atoms with Crippen molar-refractivity contribution in [2.75, 3.05) is 0 Å². The molecule has 0 aliphatic heterocycles. The Morgan fingerprint density at radius 3 is 2.73 bits per heavy atom. The van der Waals surface area contributed by atoms with E-state index in [1.807, 2.05) is 0 Å². The molecular formula is C8H6F2O. The minimum Gasteiger partial charge on any atom is -0.300 e. The highest BCUT2D eigenvalue weighted by atomic mass is 19.1. The van der Waals surface area contributed by atoms with Gasteiger partial charge >= 0.3 is 0 Å². The van der Waals surface area contributed by atoms with Crippen molar-refractivity contribution >= 4 is 6.29 Å². The van der Waals surface area contributed by atoms with Gasteiger partial charge in [0.05, 0.1) is 0 Å². The molecule has 0 saturated heterocycles. The molecule has 0 saturated carbocycles. The maximum atomic E-state index is 12.5. The van der Waals surface area contributed by atoms with Crippen molar-refractivity contribution in [3.63, 3.8) is 0 Å². The van der Waals surface area contributed by atoms with E-state index in [4.69, 9.17) is 0 Å². The number of aldehydes is 1. The minimum absolute atomic E-state index is 0.0556. The Balaban J connectivity index is 2.95. The van der Waals surface area contributed by atoms with Gasteiger partial charge < -0.3 is 0 Å². The van der Waals surface area contributed by atoms with E-state index in [2.05, 4.69) is 0 Å². The molecule has 0 radical (unpaired) electrons. The van der Waals surface area contributed by atoms with Crippen LogP contribution in [-0.2, 0) is 4.79 Å². The SMILES string of the molecule is O=CC(F)c1cccc(F)c1. The van der Waals surface area contributed by atoms with Crippen LogP contribution in [0.3, 0.4) is 0 Å². The lowest BCUT2D eigenvalue weighted by molar-refractivity contribution is -0.112. The summed E-state index contributed by atoms with van der Waals surface area (Å²) in [5.41, 5.74) is 0.0556. The third-order valence-corrected chi connectivity index (χ3v) is 1.29. The Bertz CT molecular complexity index is 260. The molecule has 1 aromatic carbocycles. The summed E-state index contributed by atoms with van der Waals surface area (Å²) in [7, 11) is 0. The average Bonchev–Trinajstić information content (AvgIpc) is 2.03. The summed E-state index contributed by atoms with van der Waals surface area (Å²) < 4.78 is 24.9. The second-order valence-corrected chi connectivity index (χ2v) is 2.09. The predicted octanol–water partition coefficient (Wildman–Crippen LogP) is 2.04. The van der Waals surface area contributed by atoms with Crippen LogP contribution < -0.4 is 0 Å². The van der Waals surface area contributed by atoms with Crippen LogP contribution >= 0.6 is 0 Å². The van der Waals surface area contributed by atoms with Gasteiger partial charge in [0.15, 0.2) is 12.5 Å². The highest BCUT2D eigenvalue weighted by molar-refractivity contribution is 5.59. The summed E-state index contributed by atoms with van der Waals surface area (Å²) in [6.45, 7) is 0. The quantitative estimate of drug-likeness (QED) is 0.599. The number of alkyl halides is 1. The zero-order chi connectivity index (χ0) is 8.27. The zero-order valence-electron chi connectivity index (χ0n) is 5.63. The molecule has 1 aromatic rings. The van der Waals surface area contributed by atoms with E-state index in [9.17, 15) is 13.6 Å². The first-order chi connectivity index (χ1) is 5.24. The topological polar surface area (TPSA) is 17.1 Å². The number of rotatable bonds is 2. The van der Waals surface area contributed by atoms with Crippen LogP contribution in [0, 0.1) is 5.82 Å². The van der Waals surface area contributed by atoms with Crippen molar-refractivity contribution in [2.45, 2.75) is 6.17 Å². The first kappa shape index (κ1) is 7.85. The first-order valence-corrected chi connectivity index (χ1v) is 3.09. The summed E-state index contributed by atoms with van der Waals surface area (Å²) in [5.74, 6) is -0.535. The standard InChI is InChI=1S/C8H6F2O/c9-7-3-1-2-6(4-7)8(10)5-11/h1-5,8H. The fraction of sp³-hybridized carbons (Fsp3) is 0.125. The monoisotopic (exact) mass is 156 g/mol. The molecule has 0 aliphatic carbocycles. The van der Waals surface area contributed by atoms with Crippen molar-refractivity contribution in [3.05, 3.63) is 35.6 Å². The van der Waals surface area contributed by atoms with Gasteiger partial charge in [0.1, 0.15) is 5.82 Å². The van der Waals surface area contributed by atoms with Crippen LogP contribution in [0.1, 0.15) is 11.7 Å². The second kappa shape index (κ2) is 3.23. The van der Waals surface area contributed by atoms with E-state index < -0.39 is 12.0 Å². The second-order valence-electron chi connectivity index (χ2n) is 2.09. The van der Waals surface area contributed by atoms with Gasteiger partial charge in [-0.3, -0.25) is 4.79 Å². The van der Waals surface area contributed by atoms with E-state index in [0.717, 1.165) is 6.07 Å². The van der Waals surface area contributed by atoms with Gasteiger partial charge in [-0.15, -0.1) is 0 Å². The largest absolute Gasteiger partial charge is 0.300 e. The summed E-state index contributed by atoms with van der Waals surface area (Å²) in [4.78, 5) is 9.92. The number of benzene rings is 1. The van der Waals surface area contributed by atoms with Gasteiger partial charge in [-0.05, 0) is 17.7 Å². The molecule has 0 heterocycles. The molecule has 1 atom stereocenters. The Labute approximate surface area is 62.7 Å². The van der Waals surface area contributed by atoms with Gasteiger partial charge in [0.25, 0.3) is 0 Å². The number of halogens is 2. The van der Waals surface area contributed by atoms with Crippen LogP contribution in [0.15, 0.2) is 24.3 Å². The van der Waals surface area contributed by atoms with E-state index in [1.54, 1.807) is 0 Å². The predicted molar refractivity (Wildman–Crippen MR) is 36.3 cm³/mol. The smallest absolute Gasteiger partial charge is 0.180 e. The first-order valence-electron chi connectivity index (χ1n) is 3.09. The molecule has 0 aromatic heterocycles. The van der Waals surface area contributed by atoms with Gasteiger partial charge in [-0.2, -0.15) is 0 Å². The lowest BCUT2D eigenvalue weighted by Crippen LogP contribution is -1.92. The number of carbonyl (C=O) groups excluding carboxylic acids is 1. The van der Waals surface area contributed by atoms with Gasteiger partial charge in [-0.25, -0.2) is 8.78 Å². The summed E-state index contributed by atoms with van der Waals surface area (Å²) >= 11 is 0. The third-order valence-electron chi connectivity index (χ3n) is 1.29. The zero-order valence-corrected chi connectivity index (χ0v) is 5.63. The number of carbonyl (C=O) groups is 1. The van der Waals surface area contributed by atoms with E-state index in [1.165, 1.54) is 18.2 Å². The maximum absolute atomic E-state index is 12.5. The molecule has 0 amide bonds. The van der Waals surface area contributed by atoms with E-state index >= 15 is 0 Å². The lowest BCUT2D eigenvalue weighted by atomic mass is 10.1. The maximum Gasteiger partial charge on any atom is 0.180 e. The van der Waals surface area contributed by atoms with Crippen molar-refractivity contribution in [1.82, 2.24) is 0 Å². The van der Waals surface area contributed by atoms with E-state index in [-0.39, 0.29) is 11.8 Å². The van der Waals surface area contributed by atoms with Crippen molar-refractivity contribution < 1.29 is 13.6 Å². The van der Waals surface area contributed by atoms with Crippen molar-refractivity contribution in [2.24, 2.45) is 0 Å². The molecule has 58 valence electrons. The van der Waals surface area contributed by atoms with Crippen LogP contribution in [0.2, 0.25) is 0 Å². The fourth-order valence-corrected chi connectivity index (χ4v) is 0.757. The molecule has 0 N–H and O–H groups in total. The minimum atomic E-state index is -1.72. The molecule has 0 spiro atoms. The van der Waals surface area contributed by atoms with E-state index in [0.29, 0.717) is 0 Å². The number of hydrogen-bond acceptors (Lipinski definition) is 1. The summed E-state index contributed by atoms with van der Waals surface area (Å²) in [5, 5.41) is 0. The van der Waals surface area contributed by atoms with Crippen LogP contribution in [0.4, 0.5) is 8.78 Å². The molecule has 3 heteroatoms. The molecule has 0 aliphatic rings. The third kappa shape index (κ3) is 1.83. The van der Waals surface area contributed by atoms with Crippen molar-refractivity contribution in [1.29, 1.82) is 0 Å². The summed E-state index contributed by atoms with van der Waals surface area (Å²) in [6, 6.07) is 4.92. The van der Waals surface area contributed by atoms with Gasteiger partial charge in [0, 0.05) is 0 Å². The number of hydrogen-bond donors (Lipinski definition) is 0. The van der Waals surface area contributed by atoms with Gasteiger partial charge in [0.2, 0.25) is 0 Å². The van der Waals surface area contributed by atoms with Crippen LogP contribution in [0.5, 0.6) is 0 Å². The fourth-order valence-electron chi connectivity index (χ4n) is 0.757. The highest BCUT2D eigenvalue weighted by Crippen LogP contribution is 2.14. The summed E-state index contributed by atoms with van der Waals surface area (Å²) in [6.07, 6.45) is -1.58. The molecule has 11 heavy (non-hydrogen) atoms. The molecule has 0 fully saturated rings. The molecule has 1 unspecified atom stereocenters. The Kier molecular flexibility index (Phi) is 2.31. The van der Waals surface area contributed by atoms with Crippen molar-refractivity contribution in [3.8, 4) is 0 Å². The molecular weight excluding hydrogens is 150 g/mol. The highest BCUT2D eigenvalue weighted by Gasteiger charge is 2.07. The Hall–Kier alpha value is -1.25. The molecule has 1 rings (SSSR count). The molecule has 0 bridgehead atoms. The Morgan fingerprint density at radius 2 is 2.18 bits per heavy atom. The average molecular weight is 156 g/mol. The lowest BCUT2D eigenvalue weighted by Gasteiger charge is -1.98.